The lowest BCUT2D eigenvalue weighted by molar-refractivity contribution is 0.182. The third-order valence-electron chi connectivity index (χ3n) is 3.36. The van der Waals surface area contributed by atoms with Crippen LogP contribution in [-0.4, -0.2) is 21.3 Å². The predicted molar refractivity (Wildman–Crippen MR) is 85.9 cm³/mol. The van der Waals surface area contributed by atoms with Crippen LogP contribution >= 0.6 is 0 Å². The van der Waals surface area contributed by atoms with Crippen LogP contribution in [0.2, 0.25) is 0 Å². The zero-order valence-corrected chi connectivity index (χ0v) is 12.5. The number of halogens is 1. The van der Waals surface area contributed by atoms with Crippen LogP contribution < -0.4 is 0 Å². The van der Waals surface area contributed by atoms with Gasteiger partial charge in [-0.3, -0.25) is 0 Å². The first kappa shape index (κ1) is 16.2. The minimum Gasteiger partial charge on any atom is -0.493 e. The van der Waals surface area contributed by atoms with Crippen LogP contribution in [0.1, 0.15) is 31.7 Å². The zero-order chi connectivity index (χ0) is 15.9. The van der Waals surface area contributed by atoms with Gasteiger partial charge in [-0.1, -0.05) is 24.3 Å². The van der Waals surface area contributed by atoms with E-state index in [9.17, 15) is 4.39 Å². The fourth-order valence-corrected chi connectivity index (χ4v) is 2.17. The molecule has 1 aromatic carbocycles. The Morgan fingerprint density at radius 2 is 2.09 bits per heavy atom. The first-order valence-corrected chi connectivity index (χ1v) is 7.36. The van der Waals surface area contributed by atoms with Crippen LogP contribution in [0.3, 0.4) is 0 Å². The number of hydrogen-bond acceptors (Lipinski definition) is 3. The first-order chi connectivity index (χ1) is 10.6. The molecule has 0 amide bonds. The van der Waals surface area contributed by atoms with Gasteiger partial charge < -0.3 is 10.2 Å². The number of aromatic hydroxyl groups is 1. The third-order valence-corrected chi connectivity index (χ3v) is 3.36. The molecule has 3 nitrogen and oxygen atoms in total. The number of unbranched alkanes of at least 4 members (excludes halogenated alkanes) is 1. The molecule has 0 aliphatic rings. The minimum atomic E-state index is -0.321. The summed E-state index contributed by atoms with van der Waals surface area (Å²) in [5, 5.41) is 18.3. The van der Waals surface area contributed by atoms with Crippen molar-refractivity contribution in [2.75, 3.05) is 0 Å². The number of aliphatic hydroxyl groups excluding tert-OH is 1. The van der Waals surface area contributed by atoms with Gasteiger partial charge in [-0.2, -0.15) is 0 Å². The standard InChI is InChI=1S/C18H20FNO2/c1-13(21)5-3-2-4-6-14-7-9-16(17(19)11-14)15-8-10-18(22)20-12-15/h4,6-13,21H,2-3,5H2,1H3,(H,20,22). The van der Waals surface area contributed by atoms with E-state index in [0.29, 0.717) is 11.1 Å². The Labute approximate surface area is 129 Å². The van der Waals surface area contributed by atoms with Gasteiger partial charge in [0.1, 0.15) is 5.82 Å². The van der Waals surface area contributed by atoms with Gasteiger partial charge in [-0.25, -0.2) is 9.37 Å². The lowest BCUT2D eigenvalue weighted by Gasteiger charge is -2.04. The van der Waals surface area contributed by atoms with Crippen molar-refractivity contribution in [2.24, 2.45) is 0 Å². The van der Waals surface area contributed by atoms with Crippen molar-refractivity contribution in [1.82, 2.24) is 4.98 Å². The molecule has 0 spiro atoms. The largest absolute Gasteiger partial charge is 0.493 e. The molecule has 0 saturated carbocycles. The molecule has 116 valence electrons. The van der Waals surface area contributed by atoms with Crippen LogP contribution in [0.5, 0.6) is 5.88 Å². The third kappa shape index (κ3) is 4.67. The highest BCUT2D eigenvalue weighted by atomic mass is 19.1. The van der Waals surface area contributed by atoms with Crippen molar-refractivity contribution in [2.45, 2.75) is 32.3 Å². The van der Waals surface area contributed by atoms with Crippen molar-refractivity contribution in [1.29, 1.82) is 0 Å². The van der Waals surface area contributed by atoms with Crippen molar-refractivity contribution in [3.8, 4) is 17.0 Å². The maximum Gasteiger partial charge on any atom is 0.210 e. The second kappa shape index (κ2) is 7.71. The summed E-state index contributed by atoms with van der Waals surface area (Å²) >= 11 is 0. The van der Waals surface area contributed by atoms with Gasteiger partial charge in [0.25, 0.3) is 0 Å². The quantitative estimate of drug-likeness (QED) is 0.788. The van der Waals surface area contributed by atoms with Crippen LogP contribution in [0, 0.1) is 5.82 Å². The van der Waals surface area contributed by atoms with E-state index in [2.05, 4.69) is 4.98 Å². The molecular weight excluding hydrogens is 281 g/mol. The monoisotopic (exact) mass is 301 g/mol. The molecule has 1 unspecified atom stereocenters. The highest BCUT2D eigenvalue weighted by Crippen LogP contribution is 2.24. The second-order valence-electron chi connectivity index (χ2n) is 5.33. The Morgan fingerprint density at radius 1 is 1.27 bits per heavy atom. The van der Waals surface area contributed by atoms with E-state index < -0.39 is 0 Å². The maximum atomic E-state index is 14.2. The van der Waals surface area contributed by atoms with E-state index in [1.807, 2.05) is 18.2 Å². The minimum absolute atomic E-state index is 0.0825. The molecule has 0 fully saturated rings. The highest BCUT2D eigenvalue weighted by molar-refractivity contribution is 5.66. The summed E-state index contributed by atoms with van der Waals surface area (Å²) < 4.78 is 14.2. The fourth-order valence-electron chi connectivity index (χ4n) is 2.17. The van der Waals surface area contributed by atoms with Gasteiger partial charge >= 0.3 is 0 Å². The molecule has 0 aliphatic heterocycles. The van der Waals surface area contributed by atoms with Gasteiger partial charge in [-0.15, -0.1) is 0 Å². The number of aliphatic hydroxyl groups is 1. The van der Waals surface area contributed by atoms with Gasteiger partial charge in [0.2, 0.25) is 5.88 Å². The summed E-state index contributed by atoms with van der Waals surface area (Å²) in [6.07, 6.45) is 7.57. The predicted octanol–water partition coefficient (Wildman–Crippen LogP) is 4.16. The zero-order valence-electron chi connectivity index (χ0n) is 12.5. The molecule has 1 atom stereocenters. The van der Waals surface area contributed by atoms with E-state index in [0.717, 1.165) is 24.8 Å². The summed E-state index contributed by atoms with van der Waals surface area (Å²) in [5.41, 5.74) is 1.88. The SMILES string of the molecule is CC(O)CCCC=Cc1ccc(-c2ccc(O)nc2)c(F)c1. The topological polar surface area (TPSA) is 53.4 Å². The Morgan fingerprint density at radius 3 is 2.73 bits per heavy atom. The molecule has 0 saturated heterocycles. The van der Waals surface area contributed by atoms with Gasteiger partial charge in [-0.05, 0) is 43.9 Å². The molecule has 0 aliphatic carbocycles. The summed E-state index contributed by atoms with van der Waals surface area (Å²) in [6.45, 7) is 1.77. The average Bonchev–Trinajstić information content (AvgIpc) is 2.48. The number of hydrogen-bond donors (Lipinski definition) is 2. The van der Waals surface area contributed by atoms with Crippen LogP contribution in [0.4, 0.5) is 4.39 Å². The van der Waals surface area contributed by atoms with E-state index in [-0.39, 0.29) is 17.8 Å². The van der Waals surface area contributed by atoms with Crippen LogP contribution in [0.25, 0.3) is 17.2 Å². The number of aromatic nitrogens is 1. The molecule has 22 heavy (non-hydrogen) atoms. The Kier molecular flexibility index (Phi) is 5.67. The Bertz CT molecular complexity index is 636. The van der Waals surface area contributed by atoms with E-state index in [4.69, 9.17) is 10.2 Å². The van der Waals surface area contributed by atoms with E-state index >= 15 is 0 Å². The number of benzene rings is 1. The summed E-state index contributed by atoms with van der Waals surface area (Å²) in [5.74, 6) is -0.403. The fraction of sp³-hybridized carbons (Fsp3) is 0.278. The van der Waals surface area contributed by atoms with Crippen molar-refractivity contribution in [3.63, 3.8) is 0 Å². The molecule has 2 N–H and O–H groups in total. The molecule has 0 radical (unpaired) electrons. The van der Waals surface area contributed by atoms with Crippen LogP contribution in [-0.2, 0) is 0 Å². The molecule has 1 heterocycles. The molecular formula is C18H20FNO2. The molecule has 0 bridgehead atoms. The Balaban J connectivity index is 2.03. The van der Waals surface area contributed by atoms with Crippen molar-refractivity contribution in [3.05, 3.63) is 54.0 Å². The maximum absolute atomic E-state index is 14.2. The lowest BCUT2D eigenvalue weighted by atomic mass is 10.0. The number of pyridine rings is 1. The normalized spacial score (nSPS) is 12.7. The second-order valence-corrected chi connectivity index (χ2v) is 5.33. The van der Waals surface area contributed by atoms with Gasteiger partial charge in [0.05, 0.1) is 6.10 Å². The molecule has 1 aromatic heterocycles. The molecule has 2 aromatic rings. The van der Waals surface area contributed by atoms with Crippen molar-refractivity contribution >= 4 is 6.08 Å². The lowest BCUT2D eigenvalue weighted by Crippen LogP contribution is -1.97. The number of nitrogens with zero attached hydrogens (tertiary/aromatic N) is 1. The summed E-state index contributed by atoms with van der Waals surface area (Å²) in [7, 11) is 0. The first-order valence-electron chi connectivity index (χ1n) is 7.36. The highest BCUT2D eigenvalue weighted by Gasteiger charge is 2.06. The molecule has 2 rings (SSSR count). The molecule has 4 heteroatoms. The van der Waals surface area contributed by atoms with Gasteiger partial charge in [0, 0.05) is 23.4 Å². The van der Waals surface area contributed by atoms with E-state index in [1.165, 1.54) is 18.3 Å². The number of allylic oxidation sites excluding steroid dienone is 1. The smallest absolute Gasteiger partial charge is 0.210 e. The summed E-state index contributed by atoms with van der Waals surface area (Å²) in [6, 6.07) is 8.10. The average molecular weight is 301 g/mol. The Hall–Kier alpha value is -2.20. The van der Waals surface area contributed by atoms with Crippen LogP contribution in [0.15, 0.2) is 42.6 Å². The number of rotatable bonds is 6. The van der Waals surface area contributed by atoms with Crippen molar-refractivity contribution < 1.29 is 14.6 Å². The summed E-state index contributed by atoms with van der Waals surface area (Å²) in [4.78, 5) is 3.76. The van der Waals surface area contributed by atoms with E-state index in [1.54, 1.807) is 19.1 Å². The van der Waals surface area contributed by atoms with Gasteiger partial charge in [0.15, 0.2) is 0 Å².